The number of nitrogens with zero attached hydrogens (tertiary/aromatic N) is 6. The number of ether oxygens (including phenoxy) is 1. The van der Waals surface area contributed by atoms with Crippen molar-refractivity contribution in [3.8, 4) is 28.5 Å². The molecular formula is C42H34N6O. The molecule has 0 atom stereocenters. The molecule has 0 radical (unpaired) electrons. The number of fused-ring (bicyclic) bond motifs is 1. The molecule has 0 saturated heterocycles. The molecule has 0 spiro atoms. The standard InChI is InChI=1S/C42H34N6O/c1-2-49-41-43-38-24-14-15-25-39(38)47(41)30-31-26-28-32(29-27-31)36-22-12-13-23-37(36)40-44-45-46-48(40)42(33-16-6-3-7-17-33,34-18-8-4-9-19-34)35-20-10-5-11-21-35/h3-29H,2,30H2,1H3. The van der Waals surface area contributed by atoms with Gasteiger partial charge >= 0.3 is 0 Å². The number of imidazole rings is 1. The van der Waals surface area contributed by atoms with E-state index in [0.717, 1.165) is 50.0 Å². The van der Waals surface area contributed by atoms with E-state index in [9.17, 15) is 0 Å². The van der Waals surface area contributed by atoms with Gasteiger partial charge in [-0.05, 0) is 62.9 Å². The van der Waals surface area contributed by atoms with Gasteiger partial charge in [-0.25, -0.2) is 4.68 Å². The van der Waals surface area contributed by atoms with E-state index in [1.54, 1.807) is 0 Å². The highest BCUT2D eigenvalue weighted by atomic mass is 16.5. The van der Waals surface area contributed by atoms with Crippen LogP contribution < -0.4 is 4.74 Å². The second-order valence-corrected chi connectivity index (χ2v) is 11.9. The highest BCUT2D eigenvalue weighted by Gasteiger charge is 2.42. The first-order valence-electron chi connectivity index (χ1n) is 16.5. The number of benzene rings is 6. The number of tetrazole rings is 1. The van der Waals surface area contributed by atoms with Crippen LogP contribution in [0.25, 0.3) is 33.5 Å². The topological polar surface area (TPSA) is 70.7 Å². The van der Waals surface area contributed by atoms with Crippen molar-refractivity contribution in [3.63, 3.8) is 0 Å². The molecule has 7 heteroatoms. The smallest absolute Gasteiger partial charge is 0.297 e. The van der Waals surface area contributed by atoms with Gasteiger partial charge in [-0.1, -0.05) is 152 Å². The summed E-state index contributed by atoms with van der Waals surface area (Å²) in [6, 6.07) is 57.2. The number of hydrogen-bond acceptors (Lipinski definition) is 5. The molecule has 0 aliphatic heterocycles. The second kappa shape index (κ2) is 13.0. The molecule has 2 heterocycles. The maximum absolute atomic E-state index is 5.91. The van der Waals surface area contributed by atoms with Crippen molar-refractivity contribution < 1.29 is 4.74 Å². The average molecular weight is 639 g/mol. The molecule has 238 valence electrons. The van der Waals surface area contributed by atoms with E-state index in [4.69, 9.17) is 20.0 Å². The van der Waals surface area contributed by atoms with E-state index in [2.05, 4.69) is 131 Å². The molecule has 0 amide bonds. The average Bonchev–Trinajstić information content (AvgIpc) is 3.79. The summed E-state index contributed by atoms with van der Waals surface area (Å²) < 4.78 is 10.0. The fourth-order valence-corrected chi connectivity index (χ4v) is 6.83. The van der Waals surface area contributed by atoms with E-state index in [1.165, 1.54) is 0 Å². The number of aromatic nitrogens is 6. The van der Waals surface area contributed by atoms with Crippen LogP contribution in [0.1, 0.15) is 29.2 Å². The Bertz CT molecular complexity index is 2220. The Morgan fingerprint density at radius 1 is 0.592 bits per heavy atom. The lowest BCUT2D eigenvalue weighted by atomic mass is 9.77. The van der Waals surface area contributed by atoms with Crippen molar-refractivity contribution in [3.05, 3.63) is 186 Å². The maximum atomic E-state index is 5.91. The van der Waals surface area contributed by atoms with Gasteiger partial charge in [0.05, 0.1) is 24.2 Å². The van der Waals surface area contributed by atoms with Gasteiger partial charge in [0.25, 0.3) is 6.01 Å². The van der Waals surface area contributed by atoms with Crippen molar-refractivity contribution >= 4 is 11.0 Å². The normalized spacial score (nSPS) is 11.5. The van der Waals surface area contributed by atoms with E-state index in [1.807, 2.05) is 54.1 Å². The SMILES string of the molecule is CCOc1nc2ccccc2n1Cc1ccc(-c2ccccc2-c2nnnn2C(c2ccccc2)(c2ccccc2)c2ccccc2)cc1. The predicted molar refractivity (Wildman–Crippen MR) is 193 cm³/mol. The zero-order chi connectivity index (χ0) is 33.0. The fraction of sp³-hybridized carbons (Fsp3) is 0.0952. The molecule has 49 heavy (non-hydrogen) atoms. The lowest BCUT2D eigenvalue weighted by Crippen LogP contribution is -2.39. The molecule has 7 nitrogen and oxygen atoms in total. The molecule has 0 aliphatic carbocycles. The van der Waals surface area contributed by atoms with Crippen LogP contribution in [0.3, 0.4) is 0 Å². The van der Waals surface area contributed by atoms with Gasteiger partial charge in [-0.3, -0.25) is 4.57 Å². The van der Waals surface area contributed by atoms with E-state index in [-0.39, 0.29) is 0 Å². The molecular weight excluding hydrogens is 605 g/mol. The summed E-state index contributed by atoms with van der Waals surface area (Å²) in [6.07, 6.45) is 0. The Kier molecular flexibility index (Phi) is 7.99. The summed E-state index contributed by atoms with van der Waals surface area (Å²) in [7, 11) is 0. The monoisotopic (exact) mass is 638 g/mol. The first kappa shape index (κ1) is 30.0. The lowest BCUT2D eigenvalue weighted by molar-refractivity contribution is 0.301. The van der Waals surface area contributed by atoms with Crippen LogP contribution in [-0.2, 0) is 12.1 Å². The van der Waals surface area contributed by atoms with Gasteiger partial charge in [0.15, 0.2) is 5.82 Å². The third-order valence-electron chi connectivity index (χ3n) is 9.03. The molecule has 2 aromatic heterocycles. The van der Waals surface area contributed by atoms with E-state index in [0.29, 0.717) is 25.0 Å². The van der Waals surface area contributed by atoms with Gasteiger partial charge in [-0.2, -0.15) is 4.98 Å². The molecule has 0 bridgehead atoms. The third kappa shape index (κ3) is 5.35. The summed E-state index contributed by atoms with van der Waals surface area (Å²) in [6.45, 7) is 3.18. The zero-order valence-electron chi connectivity index (χ0n) is 27.1. The molecule has 0 saturated carbocycles. The van der Waals surface area contributed by atoms with Gasteiger partial charge < -0.3 is 4.74 Å². The summed E-state index contributed by atoms with van der Waals surface area (Å²) in [4.78, 5) is 4.72. The quantitative estimate of drug-likeness (QED) is 0.140. The summed E-state index contributed by atoms with van der Waals surface area (Å²) in [5, 5.41) is 13.8. The predicted octanol–water partition coefficient (Wildman–Crippen LogP) is 8.64. The van der Waals surface area contributed by atoms with Crippen LogP contribution >= 0.6 is 0 Å². The molecule has 0 aliphatic rings. The molecule has 0 N–H and O–H groups in total. The minimum absolute atomic E-state index is 0.554. The Balaban J connectivity index is 1.24. The number of rotatable bonds is 10. The van der Waals surface area contributed by atoms with Crippen LogP contribution in [0.5, 0.6) is 6.01 Å². The molecule has 0 fully saturated rings. The van der Waals surface area contributed by atoms with Crippen molar-refractivity contribution in [2.45, 2.75) is 19.0 Å². The van der Waals surface area contributed by atoms with Crippen LogP contribution in [0, 0.1) is 0 Å². The Labute approximate surface area is 285 Å². The van der Waals surface area contributed by atoms with Gasteiger partial charge in [0, 0.05) is 5.56 Å². The van der Waals surface area contributed by atoms with Crippen LogP contribution in [-0.4, -0.2) is 36.4 Å². The maximum Gasteiger partial charge on any atom is 0.297 e. The largest absolute Gasteiger partial charge is 0.465 e. The van der Waals surface area contributed by atoms with Gasteiger partial charge in [0.2, 0.25) is 0 Å². The molecule has 8 aromatic rings. The van der Waals surface area contributed by atoms with Crippen LogP contribution in [0.2, 0.25) is 0 Å². The highest BCUT2D eigenvalue weighted by molar-refractivity contribution is 5.81. The lowest BCUT2D eigenvalue weighted by Gasteiger charge is -2.36. The zero-order valence-corrected chi connectivity index (χ0v) is 27.1. The van der Waals surface area contributed by atoms with Crippen molar-refractivity contribution in [1.82, 2.24) is 29.8 Å². The summed E-state index contributed by atoms with van der Waals surface area (Å²) in [5.41, 5.74) is 8.49. The van der Waals surface area contributed by atoms with Gasteiger partial charge in [-0.15, -0.1) is 5.10 Å². The Morgan fingerprint density at radius 3 is 1.76 bits per heavy atom. The van der Waals surface area contributed by atoms with E-state index < -0.39 is 5.54 Å². The van der Waals surface area contributed by atoms with Crippen molar-refractivity contribution in [2.75, 3.05) is 6.61 Å². The van der Waals surface area contributed by atoms with Gasteiger partial charge in [0.1, 0.15) is 5.54 Å². The Morgan fingerprint density at radius 2 is 1.14 bits per heavy atom. The van der Waals surface area contributed by atoms with E-state index >= 15 is 0 Å². The third-order valence-corrected chi connectivity index (χ3v) is 9.03. The minimum Gasteiger partial charge on any atom is -0.465 e. The minimum atomic E-state index is -0.842. The molecule has 0 unspecified atom stereocenters. The second-order valence-electron chi connectivity index (χ2n) is 11.9. The molecule has 8 rings (SSSR count). The highest BCUT2D eigenvalue weighted by Crippen LogP contribution is 2.43. The Hall–Kier alpha value is -6.34. The number of para-hydroxylation sites is 2. The summed E-state index contributed by atoms with van der Waals surface area (Å²) >= 11 is 0. The molecule has 6 aromatic carbocycles. The van der Waals surface area contributed by atoms with Crippen molar-refractivity contribution in [1.29, 1.82) is 0 Å². The van der Waals surface area contributed by atoms with Crippen molar-refractivity contribution in [2.24, 2.45) is 0 Å². The van der Waals surface area contributed by atoms with Crippen LogP contribution in [0.4, 0.5) is 0 Å². The first-order valence-corrected chi connectivity index (χ1v) is 16.5. The number of hydrogen-bond donors (Lipinski definition) is 0. The van der Waals surface area contributed by atoms with Crippen LogP contribution in [0.15, 0.2) is 164 Å². The fourth-order valence-electron chi connectivity index (χ4n) is 6.83. The summed E-state index contributed by atoms with van der Waals surface area (Å²) in [5.74, 6) is 0.669. The first-order chi connectivity index (χ1) is 24.3.